The minimum Gasteiger partial charge on any atom is -0.381 e. The van der Waals surface area contributed by atoms with Crippen LogP contribution in [0.1, 0.15) is 59.8 Å². The van der Waals surface area contributed by atoms with E-state index in [-0.39, 0.29) is 29.6 Å². The van der Waals surface area contributed by atoms with Crippen LogP contribution in [0.15, 0.2) is 0 Å². The van der Waals surface area contributed by atoms with E-state index in [1.165, 1.54) is 0 Å². The van der Waals surface area contributed by atoms with Gasteiger partial charge in [-0.1, -0.05) is 13.8 Å². The molecule has 0 aromatic rings. The Labute approximate surface area is 135 Å². The Kier molecular flexibility index (Phi) is 5.54. The topological polar surface area (TPSA) is 38.8 Å². The standard InChI is InChI=1S/C18H33NO3/c1-7-18(8-2)15(11-16(18)21-6)19(5)17(20)14-9-12(3)22-13(4)10-14/h12-16H,7-11H2,1-6H3/t12-,13-,15+,16-/m1/s1. The Morgan fingerprint density at radius 2 is 1.73 bits per heavy atom. The summed E-state index contributed by atoms with van der Waals surface area (Å²) in [6.07, 6.45) is 5.43. The highest BCUT2D eigenvalue weighted by Gasteiger charge is 2.56. The lowest BCUT2D eigenvalue weighted by molar-refractivity contribution is -0.176. The van der Waals surface area contributed by atoms with Gasteiger partial charge in [-0.3, -0.25) is 4.79 Å². The molecule has 1 heterocycles. The van der Waals surface area contributed by atoms with E-state index >= 15 is 0 Å². The first kappa shape index (κ1) is 17.7. The van der Waals surface area contributed by atoms with Gasteiger partial charge in [0.25, 0.3) is 0 Å². The molecule has 4 atom stereocenters. The maximum absolute atomic E-state index is 13.0. The second kappa shape index (κ2) is 6.88. The fourth-order valence-electron chi connectivity index (χ4n) is 4.83. The van der Waals surface area contributed by atoms with Crippen molar-refractivity contribution in [3.63, 3.8) is 0 Å². The van der Waals surface area contributed by atoms with Gasteiger partial charge in [-0.15, -0.1) is 0 Å². The van der Waals surface area contributed by atoms with E-state index in [1.54, 1.807) is 7.11 Å². The molecule has 0 aromatic carbocycles. The van der Waals surface area contributed by atoms with Crippen LogP contribution >= 0.6 is 0 Å². The van der Waals surface area contributed by atoms with E-state index in [1.807, 2.05) is 11.9 Å². The second-order valence-corrected chi connectivity index (χ2v) is 7.29. The highest BCUT2D eigenvalue weighted by atomic mass is 16.5. The van der Waals surface area contributed by atoms with Gasteiger partial charge >= 0.3 is 0 Å². The van der Waals surface area contributed by atoms with Crippen LogP contribution in [0.4, 0.5) is 0 Å². The van der Waals surface area contributed by atoms with Crippen molar-refractivity contribution >= 4 is 5.91 Å². The van der Waals surface area contributed by atoms with E-state index in [0.29, 0.717) is 11.9 Å². The maximum Gasteiger partial charge on any atom is 0.225 e. The number of carbonyl (C=O) groups excluding carboxylic acids is 1. The largest absolute Gasteiger partial charge is 0.381 e. The van der Waals surface area contributed by atoms with Gasteiger partial charge in [0.1, 0.15) is 0 Å². The predicted molar refractivity (Wildman–Crippen MR) is 87.7 cm³/mol. The fraction of sp³-hybridized carbons (Fsp3) is 0.944. The smallest absolute Gasteiger partial charge is 0.225 e. The van der Waals surface area contributed by atoms with Gasteiger partial charge in [0, 0.05) is 31.5 Å². The Bertz CT molecular complexity index is 384. The molecule has 1 amide bonds. The van der Waals surface area contributed by atoms with Crippen molar-refractivity contribution in [2.24, 2.45) is 11.3 Å². The van der Waals surface area contributed by atoms with Gasteiger partial charge < -0.3 is 14.4 Å². The molecule has 4 nitrogen and oxygen atoms in total. The molecule has 0 bridgehead atoms. The van der Waals surface area contributed by atoms with Crippen LogP contribution < -0.4 is 0 Å². The Balaban J connectivity index is 2.07. The molecule has 2 fully saturated rings. The number of nitrogens with zero attached hydrogens (tertiary/aromatic N) is 1. The van der Waals surface area contributed by atoms with Crippen LogP contribution in [0.25, 0.3) is 0 Å². The lowest BCUT2D eigenvalue weighted by Crippen LogP contribution is -2.65. The first-order valence-electron chi connectivity index (χ1n) is 8.84. The minimum absolute atomic E-state index is 0.108. The number of amides is 1. The molecule has 0 aromatic heterocycles. The molecule has 0 spiro atoms. The quantitative estimate of drug-likeness (QED) is 0.782. The van der Waals surface area contributed by atoms with Gasteiger partial charge in [0.05, 0.1) is 18.3 Å². The average molecular weight is 311 g/mol. The first-order valence-corrected chi connectivity index (χ1v) is 8.84. The SMILES string of the molecule is CCC1(CC)[C@@H](N(C)C(=O)C2C[C@@H](C)O[C@H](C)C2)C[C@H]1OC. The van der Waals surface area contributed by atoms with E-state index < -0.39 is 0 Å². The van der Waals surface area contributed by atoms with Gasteiger partial charge in [0.2, 0.25) is 5.91 Å². The first-order chi connectivity index (χ1) is 10.4. The maximum atomic E-state index is 13.0. The molecular weight excluding hydrogens is 278 g/mol. The monoisotopic (exact) mass is 311 g/mol. The zero-order chi connectivity index (χ0) is 16.5. The van der Waals surface area contributed by atoms with Gasteiger partial charge in [0.15, 0.2) is 0 Å². The third-order valence-corrected chi connectivity index (χ3v) is 6.21. The molecule has 1 saturated carbocycles. The van der Waals surface area contributed by atoms with Crippen LogP contribution in [-0.2, 0) is 14.3 Å². The fourth-order valence-corrected chi connectivity index (χ4v) is 4.83. The van der Waals surface area contributed by atoms with Crippen LogP contribution in [-0.4, -0.2) is 49.3 Å². The van der Waals surface area contributed by atoms with Crippen LogP contribution in [0.3, 0.4) is 0 Å². The Morgan fingerprint density at radius 1 is 1.18 bits per heavy atom. The van der Waals surface area contributed by atoms with Crippen LogP contribution in [0, 0.1) is 11.3 Å². The number of methoxy groups -OCH3 is 1. The highest BCUT2D eigenvalue weighted by molar-refractivity contribution is 5.79. The molecule has 2 aliphatic rings. The lowest BCUT2D eigenvalue weighted by atomic mass is 9.58. The molecule has 0 unspecified atom stereocenters. The molecule has 1 saturated heterocycles. The van der Waals surface area contributed by atoms with Crippen molar-refractivity contribution in [1.82, 2.24) is 4.90 Å². The van der Waals surface area contributed by atoms with E-state index in [2.05, 4.69) is 27.7 Å². The van der Waals surface area contributed by atoms with Crippen molar-refractivity contribution in [1.29, 1.82) is 0 Å². The molecule has 1 aliphatic heterocycles. The number of hydrogen-bond acceptors (Lipinski definition) is 3. The summed E-state index contributed by atoms with van der Waals surface area (Å²) in [6.45, 7) is 8.59. The zero-order valence-corrected chi connectivity index (χ0v) is 15.1. The molecule has 0 radical (unpaired) electrons. The lowest BCUT2D eigenvalue weighted by Gasteiger charge is -2.58. The molecule has 2 rings (SSSR count). The number of ether oxygens (including phenoxy) is 2. The number of rotatable bonds is 5. The second-order valence-electron chi connectivity index (χ2n) is 7.29. The Morgan fingerprint density at radius 3 is 2.18 bits per heavy atom. The summed E-state index contributed by atoms with van der Waals surface area (Å²) in [5, 5.41) is 0. The molecule has 0 N–H and O–H groups in total. The normalized spacial score (nSPS) is 37.5. The molecule has 128 valence electrons. The van der Waals surface area contributed by atoms with Crippen LogP contribution in [0.5, 0.6) is 0 Å². The summed E-state index contributed by atoms with van der Waals surface area (Å²) in [4.78, 5) is 15.0. The average Bonchev–Trinajstić information content (AvgIpc) is 2.46. The van der Waals surface area contributed by atoms with Crippen molar-refractivity contribution < 1.29 is 14.3 Å². The predicted octanol–water partition coefficient (Wildman–Crippen LogP) is 3.24. The number of hydrogen-bond donors (Lipinski definition) is 0. The van der Waals surface area contributed by atoms with Gasteiger partial charge in [-0.25, -0.2) is 0 Å². The van der Waals surface area contributed by atoms with Gasteiger partial charge in [-0.05, 0) is 46.0 Å². The van der Waals surface area contributed by atoms with Crippen molar-refractivity contribution in [3.05, 3.63) is 0 Å². The third-order valence-electron chi connectivity index (χ3n) is 6.21. The van der Waals surface area contributed by atoms with E-state index in [9.17, 15) is 4.79 Å². The Hall–Kier alpha value is -0.610. The summed E-state index contributed by atoms with van der Waals surface area (Å²) in [5.74, 6) is 0.407. The zero-order valence-electron chi connectivity index (χ0n) is 15.1. The third kappa shape index (κ3) is 2.92. The van der Waals surface area contributed by atoms with E-state index in [4.69, 9.17) is 9.47 Å². The molecule has 4 heteroatoms. The van der Waals surface area contributed by atoms with Crippen molar-refractivity contribution in [3.8, 4) is 0 Å². The van der Waals surface area contributed by atoms with E-state index in [0.717, 1.165) is 32.1 Å². The van der Waals surface area contributed by atoms with Crippen LogP contribution in [0.2, 0.25) is 0 Å². The van der Waals surface area contributed by atoms with Gasteiger partial charge in [-0.2, -0.15) is 0 Å². The summed E-state index contributed by atoms with van der Waals surface area (Å²) < 4.78 is 11.4. The molecular formula is C18H33NO3. The summed E-state index contributed by atoms with van der Waals surface area (Å²) in [6, 6.07) is 0.313. The molecule has 1 aliphatic carbocycles. The molecule has 22 heavy (non-hydrogen) atoms. The van der Waals surface area contributed by atoms with Crippen molar-refractivity contribution in [2.45, 2.75) is 84.2 Å². The highest BCUT2D eigenvalue weighted by Crippen LogP contribution is 2.51. The summed E-state index contributed by atoms with van der Waals surface area (Å²) in [7, 11) is 3.79. The van der Waals surface area contributed by atoms with Crippen molar-refractivity contribution in [2.75, 3.05) is 14.2 Å². The summed E-state index contributed by atoms with van der Waals surface area (Å²) in [5.41, 5.74) is 0.127. The number of carbonyl (C=O) groups is 1. The summed E-state index contributed by atoms with van der Waals surface area (Å²) >= 11 is 0. The minimum atomic E-state index is 0.108.